The molecule has 1 aromatic carbocycles. The Balaban J connectivity index is 1.32. The van der Waals surface area contributed by atoms with Crippen LogP contribution in [0.25, 0.3) is 11.5 Å². The van der Waals surface area contributed by atoms with Crippen molar-refractivity contribution in [3.05, 3.63) is 65.9 Å². The van der Waals surface area contributed by atoms with Gasteiger partial charge in [0.15, 0.2) is 11.7 Å². The quantitative estimate of drug-likeness (QED) is 0.473. The minimum Gasteiger partial charge on any atom is -0.459 e. The summed E-state index contributed by atoms with van der Waals surface area (Å²) in [5.41, 5.74) is 3.06. The third kappa shape index (κ3) is 5.19. The van der Waals surface area contributed by atoms with Crippen molar-refractivity contribution in [1.82, 2.24) is 20.1 Å². The highest BCUT2D eigenvalue weighted by Gasteiger charge is 2.25. The molecule has 0 atom stereocenters. The second kappa shape index (κ2) is 10.2. The van der Waals surface area contributed by atoms with E-state index in [4.69, 9.17) is 13.8 Å². The molecule has 1 saturated heterocycles. The molecule has 2 aromatic heterocycles. The van der Waals surface area contributed by atoms with Gasteiger partial charge in [-0.3, -0.25) is 9.79 Å². The number of nitrogens with zero attached hydrogens (tertiary/aromatic N) is 4. The minimum absolute atomic E-state index is 0.0630. The molecule has 0 aliphatic carbocycles. The van der Waals surface area contributed by atoms with Crippen molar-refractivity contribution in [2.75, 3.05) is 39.3 Å². The lowest BCUT2D eigenvalue weighted by Gasteiger charge is -2.36. The fourth-order valence-corrected chi connectivity index (χ4v) is 3.63. The summed E-state index contributed by atoms with van der Waals surface area (Å²) < 4.78 is 10.9. The zero-order valence-corrected chi connectivity index (χ0v) is 18.6. The molecule has 3 aromatic rings. The summed E-state index contributed by atoms with van der Waals surface area (Å²) in [6, 6.07) is 11.6. The maximum Gasteiger partial charge on any atom is 0.289 e. The van der Waals surface area contributed by atoms with Crippen LogP contribution in [-0.4, -0.2) is 65.9 Å². The Bertz CT molecular complexity index is 1030. The number of furan rings is 1. The van der Waals surface area contributed by atoms with Gasteiger partial charge in [-0.2, -0.15) is 0 Å². The highest BCUT2D eigenvalue weighted by atomic mass is 16.3. The molecule has 1 fully saturated rings. The van der Waals surface area contributed by atoms with Gasteiger partial charge >= 0.3 is 0 Å². The fourth-order valence-electron chi connectivity index (χ4n) is 3.63. The van der Waals surface area contributed by atoms with Gasteiger partial charge in [0.1, 0.15) is 6.26 Å². The van der Waals surface area contributed by atoms with E-state index in [0.29, 0.717) is 37.7 Å². The van der Waals surface area contributed by atoms with Crippen molar-refractivity contribution in [2.45, 2.75) is 20.3 Å². The van der Waals surface area contributed by atoms with E-state index in [1.807, 2.05) is 29.2 Å². The Kier molecular flexibility index (Phi) is 6.89. The van der Waals surface area contributed by atoms with E-state index in [0.717, 1.165) is 36.9 Å². The zero-order chi connectivity index (χ0) is 22.3. The maximum atomic E-state index is 12.5. The number of rotatable bonds is 6. The number of aromatic nitrogens is 1. The van der Waals surface area contributed by atoms with Gasteiger partial charge in [-0.25, -0.2) is 4.98 Å². The summed E-state index contributed by atoms with van der Waals surface area (Å²) in [7, 11) is 0. The zero-order valence-electron chi connectivity index (χ0n) is 18.6. The molecule has 168 valence electrons. The number of aliphatic imine (C=N–C) groups is 1. The van der Waals surface area contributed by atoms with Gasteiger partial charge in [-0.1, -0.05) is 17.7 Å². The Morgan fingerprint density at radius 2 is 1.84 bits per heavy atom. The topological polar surface area (TPSA) is 87.1 Å². The van der Waals surface area contributed by atoms with Crippen LogP contribution in [0.5, 0.6) is 0 Å². The molecule has 0 saturated carbocycles. The van der Waals surface area contributed by atoms with Crippen LogP contribution >= 0.6 is 0 Å². The number of hydrogen-bond acceptors (Lipinski definition) is 5. The van der Waals surface area contributed by atoms with E-state index >= 15 is 0 Å². The highest BCUT2D eigenvalue weighted by molar-refractivity contribution is 5.91. The summed E-state index contributed by atoms with van der Waals surface area (Å²) >= 11 is 0. The number of benzene rings is 1. The van der Waals surface area contributed by atoms with Crippen LogP contribution in [0.3, 0.4) is 0 Å². The largest absolute Gasteiger partial charge is 0.459 e. The number of guanidine groups is 1. The maximum absolute atomic E-state index is 12.5. The van der Waals surface area contributed by atoms with Gasteiger partial charge in [0.25, 0.3) is 5.91 Å². The number of oxazole rings is 1. The van der Waals surface area contributed by atoms with Gasteiger partial charge in [-0.05, 0) is 38.1 Å². The van der Waals surface area contributed by atoms with Crippen LogP contribution in [0.4, 0.5) is 0 Å². The smallest absolute Gasteiger partial charge is 0.289 e. The average Bonchev–Trinajstić information content (AvgIpc) is 3.51. The first kappa shape index (κ1) is 21.7. The van der Waals surface area contributed by atoms with Gasteiger partial charge in [0.2, 0.25) is 5.89 Å². The lowest BCUT2D eigenvalue weighted by Crippen LogP contribution is -2.53. The Morgan fingerprint density at radius 3 is 2.53 bits per heavy atom. The fraction of sp³-hybridized carbons (Fsp3) is 0.375. The number of aryl methyl sites for hydroxylation is 1. The Morgan fingerprint density at radius 1 is 1.09 bits per heavy atom. The van der Waals surface area contributed by atoms with Gasteiger partial charge in [0, 0.05) is 51.3 Å². The van der Waals surface area contributed by atoms with Gasteiger partial charge in [0.05, 0.1) is 12.0 Å². The van der Waals surface area contributed by atoms with Crippen LogP contribution in [0, 0.1) is 6.92 Å². The first-order valence-corrected chi connectivity index (χ1v) is 11.0. The molecule has 32 heavy (non-hydrogen) atoms. The summed E-state index contributed by atoms with van der Waals surface area (Å²) in [5, 5.41) is 3.36. The Labute approximate surface area is 187 Å². The lowest BCUT2D eigenvalue weighted by atomic mass is 10.1. The van der Waals surface area contributed by atoms with Gasteiger partial charge < -0.3 is 24.0 Å². The van der Waals surface area contributed by atoms with Crippen LogP contribution < -0.4 is 5.32 Å². The summed E-state index contributed by atoms with van der Waals surface area (Å²) in [6.45, 7) is 8.21. The summed E-state index contributed by atoms with van der Waals surface area (Å²) in [6.07, 6.45) is 3.93. The molecule has 8 nitrogen and oxygen atoms in total. The first-order valence-electron chi connectivity index (χ1n) is 11.0. The van der Waals surface area contributed by atoms with Crippen molar-refractivity contribution in [3.63, 3.8) is 0 Å². The molecular weight excluding hydrogens is 406 g/mol. The molecular formula is C24H29N5O3. The second-order valence-corrected chi connectivity index (χ2v) is 7.75. The number of carbonyl (C=O) groups excluding carboxylic acids is 1. The lowest BCUT2D eigenvalue weighted by molar-refractivity contribution is 0.0657. The molecule has 0 spiro atoms. The van der Waals surface area contributed by atoms with Crippen molar-refractivity contribution < 1.29 is 13.6 Å². The molecule has 1 amide bonds. The molecule has 1 aliphatic rings. The number of piperazine rings is 1. The number of amides is 1. The van der Waals surface area contributed by atoms with Crippen LogP contribution in [0.1, 0.15) is 28.7 Å². The van der Waals surface area contributed by atoms with Gasteiger partial charge in [-0.15, -0.1) is 0 Å². The van der Waals surface area contributed by atoms with Crippen molar-refractivity contribution in [2.24, 2.45) is 4.99 Å². The first-order chi connectivity index (χ1) is 15.6. The van der Waals surface area contributed by atoms with Crippen molar-refractivity contribution in [3.8, 4) is 11.5 Å². The third-order valence-corrected chi connectivity index (χ3v) is 5.41. The molecule has 3 heterocycles. The number of hydrogen-bond donors (Lipinski definition) is 1. The van der Waals surface area contributed by atoms with Crippen molar-refractivity contribution in [1.29, 1.82) is 0 Å². The van der Waals surface area contributed by atoms with Crippen molar-refractivity contribution >= 4 is 11.9 Å². The molecule has 1 aliphatic heterocycles. The van der Waals surface area contributed by atoms with E-state index in [2.05, 4.69) is 29.0 Å². The average molecular weight is 436 g/mol. The van der Waals surface area contributed by atoms with Crippen LogP contribution in [0.2, 0.25) is 0 Å². The predicted octanol–water partition coefficient (Wildman–Crippen LogP) is 3.21. The molecule has 0 bridgehead atoms. The minimum atomic E-state index is -0.0630. The summed E-state index contributed by atoms with van der Waals surface area (Å²) in [4.78, 5) is 25.8. The predicted molar refractivity (Wildman–Crippen MR) is 123 cm³/mol. The second-order valence-electron chi connectivity index (χ2n) is 7.75. The SMILES string of the molecule is CCNC(=NCCc1coc(-c2ccc(C)cc2)n1)N1CCN(C(=O)c2ccco2)CC1. The van der Waals surface area contributed by atoms with Crippen LogP contribution in [0.15, 0.2) is 62.8 Å². The van der Waals surface area contributed by atoms with E-state index in [-0.39, 0.29) is 5.91 Å². The van der Waals surface area contributed by atoms with E-state index in [9.17, 15) is 4.79 Å². The normalized spacial score (nSPS) is 14.6. The molecule has 0 radical (unpaired) electrons. The van der Waals surface area contributed by atoms with E-state index < -0.39 is 0 Å². The summed E-state index contributed by atoms with van der Waals surface area (Å²) in [5.74, 6) is 1.82. The standard InChI is InChI=1S/C24H29N5O3/c1-3-25-24(29-14-12-28(13-15-29)23(30)21-5-4-16-31-21)26-11-10-20-17-32-22(27-20)19-8-6-18(2)7-9-19/h4-9,16-17H,3,10-15H2,1-2H3,(H,25,26). The van der Waals surface area contributed by atoms with E-state index in [1.54, 1.807) is 18.4 Å². The monoisotopic (exact) mass is 435 g/mol. The number of nitrogens with one attached hydrogen (secondary N) is 1. The van der Waals surface area contributed by atoms with Crippen LogP contribution in [-0.2, 0) is 6.42 Å². The highest BCUT2D eigenvalue weighted by Crippen LogP contribution is 2.19. The number of carbonyl (C=O) groups is 1. The van der Waals surface area contributed by atoms with E-state index in [1.165, 1.54) is 11.8 Å². The molecule has 0 unspecified atom stereocenters. The Hall–Kier alpha value is -3.55. The molecule has 1 N–H and O–H groups in total. The third-order valence-electron chi connectivity index (χ3n) is 5.41. The molecule has 4 rings (SSSR count). The molecule has 8 heteroatoms.